The molecule has 0 unspecified atom stereocenters. The normalized spacial score (nSPS) is 12.8. The Hall–Kier alpha value is -6.33. The Kier molecular flexibility index (Phi) is 10.4. The number of benzene rings is 6. The van der Waals surface area contributed by atoms with E-state index in [0.717, 1.165) is 60.6 Å². The molecule has 1 aliphatic heterocycles. The zero-order valence-electron chi connectivity index (χ0n) is 35.0. The number of anilines is 3. The number of fused-ring (bicyclic) bond motifs is 4. The van der Waals surface area contributed by atoms with Gasteiger partial charge in [0.25, 0.3) is 0 Å². The van der Waals surface area contributed by atoms with E-state index in [0.29, 0.717) is 12.5 Å². The first-order chi connectivity index (χ1) is 28.7. The van der Waals surface area contributed by atoms with Gasteiger partial charge >= 0.3 is 0 Å². The monoisotopic (exact) mass is 774 g/mol. The highest BCUT2D eigenvalue weighted by Crippen LogP contribution is 2.41. The largest absolute Gasteiger partial charge is 0.489 e. The molecule has 0 amide bonds. The molecule has 9 rings (SSSR count). The second-order valence-electron chi connectivity index (χ2n) is 17.5. The third-order valence-electron chi connectivity index (χ3n) is 11.8. The van der Waals surface area contributed by atoms with E-state index in [1.54, 1.807) is 0 Å². The van der Waals surface area contributed by atoms with Crippen molar-refractivity contribution in [1.29, 1.82) is 0 Å². The topological polar surface area (TPSA) is 33.5 Å². The molecule has 1 aliphatic rings. The Balaban J connectivity index is 0.934. The summed E-state index contributed by atoms with van der Waals surface area (Å²) in [5.74, 6) is 2.36. The first-order valence-corrected chi connectivity index (χ1v) is 21.2. The molecule has 0 fully saturated rings. The number of pyridine rings is 1. The Morgan fingerprint density at radius 2 is 1.46 bits per heavy atom. The van der Waals surface area contributed by atoms with Crippen LogP contribution < -0.4 is 14.5 Å². The molecule has 3 heterocycles. The minimum Gasteiger partial charge on any atom is -0.489 e. The minimum absolute atomic E-state index is 0.0156. The molecule has 6 aromatic carbocycles. The third-order valence-corrected chi connectivity index (χ3v) is 11.8. The van der Waals surface area contributed by atoms with Gasteiger partial charge in [0.2, 0.25) is 0 Å². The standard InChI is InChI=1S/C54H54N4O/c1-38(2)32-41-19-14-22-45(40-17-7-6-8-18-40)46(41)23-15-31-56-37-57(51-26-12-11-25-50(51)56)43-20-13-16-39(33-43)36-59-44-27-28-48-47-21-9-10-24-49(47)58(52(48)35-44)53-34-42(29-30-55-53)54(3,4)5/h6-14,16-22,24-30,33-35,38H,15,23,31-32,36-37H2,1-5H3. The quantitative estimate of drug-likeness (QED) is 0.124. The SMILES string of the molecule is CC(C)Cc1cccc(-c2ccccc2)c1CCCN1CN(c2cccc(COc3ccc4c5ccccc5n(-c5cc(C(C)(C)C)ccn5)c4c3)c2)c2ccccc21. The fraction of sp³-hybridized carbons (Fsp3) is 0.241. The number of aromatic nitrogens is 2. The molecule has 0 spiro atoms. The van der Waals surface area contributed by atoms with Crippen molar-refractivity contribution in [2.45, 2.75) is 65.9 Å². The molecule has 296 valence electrons. The second-order valence-corrected chi connectivity index (χ2v) is 17.5. The molecular weight excluding hydrogens is 721 g/mol. The number of para-hydroxylation sites is 3. The van der Waals surface area contributed by atoms with Crippen LogP contribution in [-0.2, 0) is 24.9 Å². The molecule has 0 saturated carbocycles. The van der Waals surface area contributed by atoms with Crippen molar-refractivity contribution >= 4 is 38.9 Å². The van der Waals surface area contributed by atoms with Gasteiger partial charge in [0, 0.05) is 35.3 Å². The van der Waals surface area contributed by atoms with Crippen molar-refractivity contribution in [1.82, 2.24) is 9.55 Å². The summed E-state index contributed by atoms with van der Waals surface area (Å²) in [5.41, 5.74) is 14.0. The van der Waals surface area contributed by atoms with E-state index in [4.69, 9.17) is 9.72 Å². The van der Waals surface area contributed by atoms with Crippen LogP contribution >= 0.6 is 0 Å². The highest BCUT2D eigenvalue weighted by atomic mass is 16.5. The van der Waals surface area contributed by atoms with Crippen molar-refractivity contribution in [2.75, 3.05) is 23.0 Å². The van der Waals surface area contributed by atoms with Gasteiger partial charge in [0.05, 0.1) is 29.1 Å². The van der Waals surface area contributed by atoms with E-state index in [2.05, 4.69) is 201 Å². The average Bonchev–Trinajstić information content (AvgIpc) is 3.79. The summed E-state index contributed by atoms with van der Waals surface area (Å²) in [7, 11) is 0. The molecule has 2 aromatic heterocycles. The lowest BCUT2D eigenvalue weighted by atomic mass is 9.88. The van der Waals surface area contributed by atoms with Gasteiger partial charge in [0.15, 0.2) is 0 Å². The highest BCUT2D eigenvalue weighted by Gasteiger charge is 2.27. The fourth-order valence-electron chi connectivity index (χ4n) is 8.87. The predicted molar refractivity (Wildman–Crippen MR) is 248 cm³/mol. The van der Waals surface area contributed by atoms with Gasteiger partial charge in [-0.25, -0.2) is 4.98 Å². The lowest BCUT2D eigenvalue weighted by molar-refractivity contribution is 0.306. The molecule has 5 nitrogen and oxygen atoms in total. The molecule has 0 radical (unpaired) electrons. The van der Waals surface area contributed by atoms with Crippen molar-refractivity contribution in [3.63, 3.8) is 0 Å². The first-order valence-electron chi connectivity index (χ1n) is 21.2. The summed E-state index contributed by atoms with van der Waals surface area (Å²) in [6, 6.07) is 54.8. The second kappa shape index (κ2) is 16.1. The van der Waals surface area contributed by atoms with Gasteiger partial charge < -0.3 is 14.5 Å². The lowest BCUT2D eigenvalue weighted by Crippen LogP contribution is -2.29. The zero-order valence-corrected chi connectivity index (χ0v) is 35.0. The molecule has 5 heteroatoms. The van der Waals surface area contributed by atoms with Crippen LogP contribution in [0.15, 0.2) is 158 Å². The van der Waals surface area contributed by atoms with Crippen molar-refractivity contribution < 1.29 is 4.74 Å². The van der Waals surface area contributed by atoms with Crippen molar-refractivity contribution in [3.05, 3.63) is 180 Å². The molecule has 59 heavy (non-hydrogen) atoms. The molecule has 0 aliphatic carbocycles. The molecule has 8 aromatic rings. The minimum atomic E-state index is 0.0156. The van der Waals surface area contributed by atoms with Gasteiger partial charge in [-0.1, -0.05) is 126 Å². The first kappa shape index (κ1) is 38.2. The van der Waals surface area contributed by atoms with E-state index >= 15 is 0 Å². The Labute approximate surface area is 349 Å². The number of nitrogens with zero attached hydrogens (tertiary/aromatic N) is 4. The van der Waals surface area contributed by atoms with Crippen LogP contribution in [-0.4, -0.2) is 22.8 Å². The zero-order chi connectivity index (χ0) is 40.5. The molecule has 0 saturated heterocycles. The van der Waals surface area contributed by atoms with Crippen LogP contribution in [0.5, 0.6) is 5.75 Å². The number of hydrogen-bond donors (Lipinski definition) is 0. The van der Waals surface area contributed by atoms with Gasteiger partial charge in [-0.2, -0.15) is 0 Å². The summed E-state index contributed by atoms with van der Waals surface area (Å²) in [6.07, 6.45) is 5.15. The molecular formula is C54H54N4O. The third kappa shape index (κ3) is 7.82. The fourth-order valence-corrected chi connectivity index (χ4v) is 8.87. The van der Waals surface area contributed by atoms with E-state index in [-0.39, 0.29) is 5.41 Å². The molecule has 0 N–H and O–H groups in total. The van der Waals surface area contributed by atoms with E-state index < -0.39 is 0 Å². The Morgan fingerprint density at radius 3 is 2.29 bits per heavy atom. The Morgan fingerprint density at radius 1 is 0.695 bits per heavy atom. The van der Waals surface area contributed by atoms with Crippen LogP contribution in [0.4, 0.5) is 17.1 Å². The van der Waals surface area contributed by atoms with Crippen LogP contribution in [0.1, 0.15) is 63.3 Å². The van der Waals surface area contributed by atoms with E-state index in [9.17, 15) is 0 Å². The maximum atomic E-state index is 6.58. The van der Waals surface area contributed by atoms with Crippen molar-refractivity contribution in [2.24, 2.45) is 5.92 Å². The van der Waals surface area contributed by atoms with Gasteiger partial charge in [-0.05, 0) is 119 Å². The van der Waals surface area contributed by atoms with Gasteiger partial charge in [0.1, 0.15) is 18.2 Å². The Bertz CT molecular complexity index is 2740. The van der Waals surface area contributed by atoms with E-state index in [1.165, 1.54) is 55.7 Å². The maximum Gasteiger partial charge on any atom is 0.137 e. The predicted octanol–water partition coefficient (Wildman–Crippen LogP) is 13.5. The smallest absolute Gasteiger partial charge is 0.137 e. The average molecular weight is 775 g/mol. The van der Waals surface area contributed by atoms with Crippen LogP contribution in [0.2, 0.25) is 0 Å². The van der Waals surface area contributed by atoms with Crippen LogP contribution in [0.3, 0.4) is 0 Å². The number of hydrogen-bond acceptors (Lipinski definition) is 4. The summed E-state index contributed by atoms with van der Waals surface area (Å²) >= 11 is 0. The number of ether oxygens (including phenoxy) is 1. The molecule has 0 atom stereocenters. The number of rotatable bonds is 12. The van der Waals surface area contributed by atoms with E-state index in [1.807, 2.05) is 6.20 Å². The van der Waals surface area contributed by atoms with Crippen LogP contribution in [0, 0.1) is 5.92 Å². The molecule has 0 bridgehead atoms. The summed E-state index contributed by atoms with van der Waals surface area (Å²) in [5, 5.41) is 2.39. The summed E-state index contributed by atoms with van der Waals surface area (Å²) < 4.78 is 8.86. The van der Waals surface area contributed by atoms with Gasteiger partial charge in [-0.3, -0.25) is 4.57 Å². The lowest BCUT2D eigenvalue weighted by Gasteiger charge is -2.23. The maximum absolute atomic E-state index is 6.58. The van der Waals surface area contributed by atoms with Crippen LogP contribution in [0.25, 0.3) is 38.8 Å². The summed E-state index contributed by atoms with van der Waals surface area (Å²) in [6.45, 7) is 13.6. The van der Waals surface area contributed by atoms with Crippen molar-refractivity contribution in [3.8, 4) is 22.7 Å². The summed E-state index contributed by atoms with van der Waals surface area (Å²) in [4.78, 5) is 9.86. The highest BCUT2D eigenvalue weighted by molar-refractivity contribution is 6.09. The van der Waals surface area contributed by atoms with Gasteiger partial charge in [-0.15, -0.1) is 0 Å².